The Morgan fingerprint density at radius 2 is 2.15 bits per heavy atom. The minimum Gasteiger partial charge on any atom is -0.375 e. The monoisotopic (exact) mass is 382 g/mol. The van der Waals surface area contributed by atoms with E-state index in [1.807, 2.05) is 6.07 Å². The average molecular weight is 382 g/mol. The molecule has 144 valence electrons. The molecule has 0 aromatic heterocycles. The Morgan fingerprint density at radius 3 is 2.85 bits per heavy atom. The zero-order valence-corrected chi connectivity index (χ0v) is 15.7. The summed E-state index contributed by atoms with van der Waals surface area (Å²) in [6, 6.07) is 6.59. The fraction of sp³-hybridized carbons (Fsp3) is 0.588. The van der Waals surface area contributed by atoms with E-state index in [0.29, 0.717) is 13.2 Å². The van der Waals surface area contributed by atoms with Crippen LogP contribution in [0.4, 0.5) is 0 Å². The topological polar surface area (TPSA) is 106 Å². The first-order valence-corrected chi connectivity index (χ1v) is 10.3. The largest absolute Gasteiger partial charge is 0.375 e. The summed E-state index contributed by atoms with van der Waals surface area (Å²) in [6.07, 6.45) is 2.32. The lowest BCUT2D eigenvalue weighted by Gasteiger charge is -2.37. The highest BCUT2D eigenvalue weighted by Crippen LogP contribution is 2.21. The van der Waals surface area contributed by atoms with Crippen LogP contribution in [0.25, 0.3) is 0 Å². The number of morpholine rings is 1. The summed E-state index contributed by atoms with van der Waals surface area (Å²) in [5, 5.41) is 8.48. The van der Waals surface area contributed by atoms with Crippen molar-refractivity contribution in [3.05, 3.63) is 29.8 Å². The van der Waals surface area contributed by atoms with Gasteiger partial charge in [-0.3, -0.25) is 4.99 Å². The lowest BCUT2D eigenvalue weighted by molar-refractivity contribution is -0.0817. The first-order valence-electron chi connectivity index (χ1n) is 8.78. The molecule has 3 rings (SSSR count). The molecule has 2 saturated heterocycles. The van der Waals surface area contributed by atoms with E-state index >= 15 is 0 Å². The van der Waals surface area contributed by atoms with Gasteiger partial charge < -0.3 is 19.7 Å². The molecule has 2 aliphatic heterocycles. The van der Waals surface area contributed by atoms with Gasteiger partial charge in [-0.25, -0.2) is 13.6 Å². The number of nitrogens with one attached hydrogen (secondary N) is 1. The number of rotatable bonds is 4. The highest BCUT2D eigenvalue weighted by Gasteiger charge is 2.32. The normalized spacial score (nSPS) is 24.7. The van der Waals surface area contributed by atoms with Gasteiger partial charge in [0.2, 0.25) is 10.0 Å². The maximum Gasteiger partial charge on any atom is 0.238 e. The minimum atomic E-state index is -3.71. The van der Waals surface area contributed by atoms with Gasteiger partial charge >= 0.3 is 0 Å². The Labute approximate surface area is 154 Å². The predicted molar refractivity (Wildman–Crippen MR) is 98.3 cm³/mol. The van der Waals surface area contributed by atoms with Crippen LogP contribution < -0.4 is 10.5 Å². The van der Waals surface area contributed by atoms with Crippen molar-refractivity contribution in [2.45, 2.75) is 36.5 Å². The average Bonchev–Trinajstić information content (AvgIpc) is 3.17. The number of ether oxygens (including phenoxy) is 2. The smallest absolute Gasteiger partial charge is 0.238 e. The summed E-state index contributed by atoms with van der Waals surface area (Å²) < 4.78 is 34.6. The van der Waals surface area contributed by atoms with Gasteiger partial charge in [-0.2, -0.15) is 0 Å². The Morgan fingerprint density at radius 1 is 1.35 bits per heavy atom. The summed E-state index contributed by atoms with van der Waals surface area (Å²) in [5.41, 5.74) is 0.821. The van der Waals surface area contributed by atoms with E-state index in [9.17, 15) is 8.42 Å². The third-order valence-electron chi connectivity index (χ3n) is 4.66. The van der Waals surface area contributed by atoms with Gasteiger partial charge in [0, 0.05) is 33.3 Å². The molecule has 3 N–H and O–H groups in total. The number of hydrogen-bond acceptors (Lipinski definition) is 5. The zero-order valence-electron chi connectivity index (χ0n) is 14.9. The number of aliphatic imine (C=N–C) groups is 1. The van der Waals surface area contributed by atoms with E-state index in [4.69, 9.17) is 14.6 Å². The van der Waals surface area contributed by atoms with E-state index in [2.05, 4.69) is 15.2 Å². The fourth-order valence-electron chi connectivity index (χ4n) is 3.33. The molecule has 0 aliphatic carbocycles. The van der Waals surface area contributed by atoms with Crippen molar-refractivity contribution >= 4 is 16.0 Å². The molecule has 2 aliphatic rings. The van der Waals surface area contributed by atoms with E-state index < -0.39 is 10.0 Å². The second-order valence-corrected chi connectivity index (χ2v) is 8.06. The van der Waals surface area contributed by atoms with Gasteiger partial charge in [-0.1, -0.05) is 12.1 Å². The third kappa shape index (κ3) is 4.73. The molecule has 0 saturated carbocycles. The molecule has 2 atom stereocenters. The molecule has 26 heavy (non-hydrogen) atoms. The van der Waals surface area contributed by atoms with E-state index in [1.165, 1.54) is 6.07 Å². The Kier molecular flexibility index (Phi) is 6.13. The van der Waals surface area contributed by atoms with Crippen molar-refractivity contribution in [3.63, 3.8) is 0 Å². The van der Waals surface area contributed by atoms with Crippen LogP contribution in [0.1, 0.15) is 18.4 Å². The molecule has 0 bridgehead atoms. The second-order valence-electron chi connectivity index (χ2n) is 6.50. The van der Waals surface area contributed by atoms with Crippen LogP contribution in [0.5, 0.6) is 0 Å². The summed E-state index contributed by atoms with van der Waals surface area (Å²) in [7, 11) is -1.97. The molecule has 0 radical (unpaired) electrons. The quantitative estimate of drug-likeness (QED) is 0.573. The van der Waals surface area contributed by atoms with Gasteiger partial charge in [0.05, 0.1) is 17.6 Å². The standard InChI is InChI=1S/C17H26N4O4S/c1-19-17(20-11-13-4-2-5-14(10-13)26(18,22)23)21-7-9-25-16(12-21)15-6-3-8-24-15/h2,4-5,10,15-16H,3,6-9,11-12H2,1H3,(H,19,20)(H2,18,22,23). The highest BCUT2D eigenvalue weighted by molar-refractivity contribution is 7.89. The third-order valence-corrected chi connectivity index (χ3v) is 5.57. The van der Waals surface area contributed by atoms with Crippen LogP contribution >= 0.6 is 0 Å². The van der Waals surface area contributed by atoms with Crippen LogP contribution in [-0.4, -0.2) is 64.8 Å². The number of guanidine groups is 1. The fourth-order valence-corrected chi connectivity index (χ4v) is 3.92. The molecular formula is C17H26N4O4S. The van der Waals surface area contributed by atoms with Crippen molar-refractivity contribution in [2.75, 3.05) is 33.4 Å². The van der Waals surface area contributed by atoms with Gasteiger partial charge in [0.25, 0.3) is 0 Å². The summed E-state index contributed by atoms with van der Waals surface area (Å²) in [6.45, 7) is 3.36. The van der Waals surface area contributed by atoms with E-state index in [0.717, 1.165) is 44.1 Å². The lowest BCUT2D eigenvalue weighted by Crippen LogP contribution is -2.53. The minimum absolute atomic E-state index is 0.0514. The number of sulfonamides is 1. The molecule has 2 unspecified atom stereocenters. The van der Waals surface area contributed by atoms with Crippen molar-refractivity contribution in [3.8, 4) is 0 Å². The van der Waals surface area contributed by atoms with Crippen molar-refractivity contribution < 1.29 is 17.9 Å². The molecule has 0 amide bonds. The van der Waals surface area contributed by atoms with Gasteiger partial charge in [-0.05, 0) is 30.5 Å². The SMILES string of the molecule is CN=C(NCc1cccc(S(N)(=O)=O)c1)N1CCOC(C2CCCO2)C1. The van der Waals surface area contributed by atoms with Gasteiger partial charge in [0.15, 0.2) is 5.96 Å². The van der Waals surface area contributed by atoms with Crippen LogP contribution in [0.2, 0.25) is 0 Å². The van der Waals surface area contributed by atoms with Crippen LogP contribution in [0.3, 0.4) is 0 Å². The molecule has 1 aromatic rings. The number of hydrogen-bond donors (Lipinski definition) is 2. The van der Waals surface area contributed by atoms with Crippen LogP contribution in [0, 0.1) is 0 Å². The summed E-state index contributed by atoms with van der Waals surface area (Å²) in [5.74, 6) is 0.761. The Balaban J connectivity index is 1.61. The first-order chi connectivity index (χ1) is 12.5. The molecule has 2 fully saturated rings. The molecule has 0 spiro atoms. The highest BCUT2D eigenvalue weighted by atomic mass is 32.2. The Hall–Kier alpha value is -1.68. The Bertz CT molecular complexity index is 747. The van der Waals surface area contributed by atoms with E-state index in [-0.39, 0.29) is 17.1 Å². The molecule has 8 nitrogen and oxygen atoms in total. The summed E-state index contributed by atoms with van der Waals surface area (Å²) >= 11 is 0. The number of primary sulfonamides is 1. The number of nitrogens with two attached hydrogens (primary N) is 1. The zero-order chi connectivity index (χ0) is 18.6. The number of nitrogens with zero attached hydrogens (tertiary/aromatic N) is 2. The second kappa shape index (κ2) is 8.34. The maximum absolute atomic E-state index is 11.5. The van der Waals surface area contributed by atoms with Gasteiger partial charge in [-0.15, -0.1) is 0 Å². The van der Waals surface area contributed by atoms with Crippen LogP contribution in [0.15, 0.2) is 34.2 Å². The molecular weight excluding hydrogens is 356 g/mol. The van der Waals surface area contributed by atoms with Gasteiger partial charge in [0.1, 0.15) is 6.10 Å². The molecule has 1 aromatic carbocycles. The summed E-state index contributed by atoms with van der Waals surface area (Å²) in [4.78, 5) is 6.61. The lowest BCUT2D eigenvalue weighted by atomic mass is 10.1. The van der Waals surface area contributed by atoms with Crippen molar-refractivity contribution in [1.29, 1.82) is 0 Å². The number of benzene rings is 1. The molecule has 2 heterocycles. The van der Waals surface area contributed by atoms with Crippen LogP contribution in [-0.2, 0) is 26.0 Å². The maximum atomic E-state index is 11.5. The molecule has 9 heteroatoms. The van der Waals surface area contributed by atoms with E-state index in [1.54, 1.807) is 19.2 Å². The van der Waals surface area contributed by atoms with Crippen molar-refractivity contribution in [1.82, 2.24) is 10.2 Å². The first kappa shape index (κ1) is 19.1. The van der Waals surface area contributed by atoms with Crippen molar-refractivity contribution in [2.24, 2.45) is 10.1 Å². The predicted octanol–water partition coefficient (Wildman–Crippen LogP) is 0.289.